The molecule has 0 aliphatic heterocycles. The van der Waals surface area contributed by atoms with Crippen LogP contribution >= 0.6 is 0 Å². The fourth-order valence-electron chi connectivity index (χ4n) is 0. The van der Waals surface area contributed by atoms with E-state index in [4.69, 9.17) is 71.5 Å². The minimum atomic E-state index is -1.44. The number of carboxylic acids is 14. The van der Waals surface area contributed by atoms with Crippen molar-refractivity contribution in [3.8, 4) is 0 Å². The molecule has 0 spiro atoms. The molecule has 0 aromatic heterocycles. The molecule has 0 bridgehead atoms. The fourth-order valence-corrected chi connectivity index (χ4v) is 0. The zero-order valence-electron chi connectivity index (χ0n) is 51.7. The van der Waals surface area contributed by atoms with Crippen LogP contribution in [0.2, 0.25) is 0 Å². The first kappa shape index (κ1) is 151. The standard InChI is InChI=1S/14C3H6O3.7Ca/c14*1-2(4)3(5)6;;;;;;;/h14*2,4H,1H3,(H,5,6);;;;;;;/q;;;;;;;;;;;;;;7*+2/p-14. The van der Waals surface area contributed by atoms with Crippen LogP contribution in [-0.4, -0.2) is 505 Å². The first-order chi connectivity index (χ1) is 37.0. The summed E-state index contributed by atoms with van der Waals surface area (Å²) in [4.78, 5) is 131. The molecule has 14 atom stereocenters. The van der Waals surface area contributed by atoms with Gasteiger partial charge in [0.25, 0.3) is 0 Å². The molecule has 91 heavy (non-hydrogen) atoms. The molecule has 42 nitrogen and oxygen atoms in total. The van der Waals surface area contributed by atoms with Crippen molar-refractivity contribution in [2.75, 3.05) is 0 Å². The number of aliphatic carboxylic acids is 14. The second-order valence-electron chi connectivity index (χ2n) is 13.9. The Hall–Kier alpha value is 0.838. The van der Waals surface area contributed by atoms with Gasteiger partial charge in [0.15, 0.2) is 0 Å². The molecule has 0 saturated heterocycles. The summed E-state index contributed by atoms with van der Waals surface area (Å²) in [7, 11) is 0. The normalized spacial score (nSPS) is 12.6. The molecule has 0 fully saturated rings. The molecule has 14 N–H and O–H groups in total. The van der Waals surface area contributed by atoms with Gasteiger partial charge in [-0.15, -0.1) is 0 Å². The van der Waals surface area contributed by atoms with E-state index in [1.807, 2.05) is 0 Å². The van der Waals surface area contributed by atoms with E-state index >= 15 is 0 Å². The van der Waals surface area contributed by atoms with Crippen LogP contribution in [0.4, 0.5) is 0 Å². The third-order valence-corrected chi connectivity index (χ3v) is 4.78. The van der Waals surface area contributed by atoms with Crippen molar-refractivity contribution in [1.29, 1.82) is 0 Å². The predicted molar refractivity (Wildman–Crippen MR) is 274 cm³/mol. The number of hydrogen-bond acceptors (Lipinski definition) is 42. The Kier molecular flexibility index (Phi) is 169. The SMILES string of the molecule is CC(O)C(=O)[O-].CC(O)C(=O)[O-].CC(O)C(=O)[O-].CC(O)C(=O)[O-].CC(O)C(=O)[O-].CC(O)C(=O)[O-].CC(O)C(=O)[O-].CC(O)C(=O)[O-].CC(O)C(=O)[O-].CC(O)C(=O)[O-].CC(O)C(=O)[O-].CC(O)C(=O)[O-].CC(O)C(=O)[O-].CC(O)C(=O)[O-].[Ca+2].[Ca+2].[Ca+2].[Ca+2].[Ca+2].[Ca+2].[Ca+2]. The minimum absolute atomic E-state index is 0. The Morgan fingerprint density at radius 1 is 0.143 bits per heavy atom. The van der Waals surface area contributed by atoms with E-state index in [9.17, 15) is 139 Å². The number of carboxylic acid groups (broad SMARTS) is 14. The Bertz CT molecular complexity index is 1310. The van der Waals surface area contributed by atoms with Gasteiger partial charge in [0.1, 0.15) is 0 Å². The summed E-state index contributed by atoms with van der Waals surface area (Å²) < 4.78 is 0. The van der Waals surface area contributed by atoms with Crippen LogP contribution in [0.15, 0.2) is 0 Å². The van der Waals surface area contributed by atoms with Crippen molar-refractivity contribution < 1.29 is 210 Å². The fraction of sp³-hybridized carbons (Fsp3) is 0.667. The molecule has 504 valence electrons. The summed E-state index contributed by atoms with van der Waals surface area (Å²) in [6, 6.07) is 0. The van der Waals surface area contributed by atoms with Gasteiger partial charge in [-0.3, -0.25) is 0 Å². The zero-order chi connectivity index (χ0) is 72.2. The van der Waals surface area contributed by atoms with Gasteiger partial charge in [0.2, 0.25) is 0 Å². The van der Waals surface area contributed by atoms with Crippen molar-refractivity contribution in [3.63, 3.8) is 0 Å². The molecule has 0 aliphatic carbocycles. The van der Waals surface area contributed by atoms with Crippen LogP contribution in [0.25, 0.3) is 0 Å². The molecule has 14 unspecified atom stereocenters. The van der Waals surface area contributed by atoms with E-state index < -0.39 is 169 Å². The van der Waals surface area contributed by atoms with Gasteiger partial charge in [0.05, 0.1) is 169 Å². The Labute approximate surface area is 728 Å². The maximum atomic E-state index is 9.34. The number of carbonyl (C=O) groups is 14. The number of carbonyl (C=O) groups excluding carboxylic acids is 14. The number of aliphatic hydroxyl groups is 14. The van der Waals surface area contributed by atoms with Crippen LogP contribution in [0.1, 0.15) is 96.9 Å². The Morgan fingerprint density at radius 2 is 0.154 bits per heavy atom. The number of aliphatic hydroxyl groups excluding tert-OH is 14. The molecule has 0 radical (unpaired) electrons. The van der Waals surface area contributed by atoms with Crippen LogP contribution in [0.3, 0.4) is 0 Å². The average molecular weight is 1530 g/mol. The van der Waals surface area contributed by atoms with Gasteiger partial charge in [-0.2, -0.15) is 0 Å². The van der Waals surface area contributed by atoms with E-state index in [1.165, 1.54) is 0 Å². The molecule has 0 aliphatic rings. The van der Waals surface area contributed by atoms with E-state index in [0.29, 0.717) is 0 Å². The summed E-state index contributed by atoms with van der Waals surface area (Å²) in [5.74, 6) is -20.1. The molecule has 49 heteroatoms. The monoisotopic (exact) mass is 1530 g/mol. The molecule has 0 amide bonds. The number of rotatable bonds is 14. The molecule has 0 heterocycles. The Balaban J connectivity index is -0.0000000303. The third kappa shape index (κ3) is 222. The van der Waals surface area contributed by atoms with E-state index in [-0.39, 0.29) is 264 Å². The molecule has 0 rings (SSSR count). The maximum absolute atomic E-state index is 9.34. The van der Waals surface area contributed by atoms with E-state index in [2.05, 4.69) is 0 Å². The molecular weight excluding hydrogens is 1460 g/mol. The first-order valence-corrected chi connectivity index (χ1v) is 21.5. The van der Waals surface area contributed by atoms with Crippen LogP contribution < -0.4 is 71.5 Å². The summed E-state index contributed by atoms with van der Waals surface area (Å²) in [6.07, 6.45) is -18.8. The van der Waals surface area contributed by atoms with Gasteiger partial charge in [0, 0.05) is 0 Å². The summed E-state index contributed by atoms with van der Waals surface area (Å²) >= 11 is 0. The summed E-state index contributed by atoms with van der Waals surface area (Å²) in [6.45, 7) is 15.9. The van der Waals surface area contributed by atoms with Gasteiger partial charge in [-0.1, -0.05) is 0 Å². The minimum Gasteiger partial charge on any atom is -0.547 e. The van der Waals surface area contributed by atoms with Crippen molar-refractivity contribution in [2.24, 2.45) is 0 Å². The smallest absolute Gasteiger partial charge is 0.547 e. The van der Waals surface area contributed by atoms with Crippen LogP contribution in [-0.2, 0) is 67.1 Å². The second kappa shape index (κ2) is 102. The van der Waals surface area contributed by atoms with Crippen molar-refractivity contribution in [1.82, 2.24) is 0 Å². The van der Waals surface area contributed by atoms with E-state index in [0.717, 1.165) is 96.9 Å². The maximum Gasteiger partial charge on any atom is 2.00 e. The summed E-state index contributed by atoms with van der Waals surface area (Å²) in [5, 5.41) is 242. The molecule has 0 aromatic carbocycles. The van der Waals surface area contributed by atoms with E-state index in [1.54, 1.807) is 0 Å². The quantitative estimate of drug-likeness (QED) is 0.0718. The first-order valence-electron chi connectivity index (χ1n) is 21.5. The number of hydrogen-bond donors (Lipinski definition) is 14. The van der Waals surface area contributed by atoms with Crippen molar-refractivity contribution in [2.45, 2.75) is 182 Å². The second-order valence-corrected chi connectivity index (χ2v) is 13.9. The zero-order valence-corrected chi connectivity index (χ0v) is 67.2. The van der Waals surface area contributed by atoms with Gasteiger partial charge in [-0.25, -0.2) is 0 Å². The topological polar surface area (TPSA) is 845 Å². The third-order valence-electron chi connectivity index (χ3n) is 4.78. The van der Waals surface area contributed by atoms with Crippen molar-refractivity contribution in [3.05, 3.63) is 0 Å². The van der Waals surface area contributed by atoms with Gasteiger partial charge < -0.3 is 210 Å². The summed E-state index contributed by atoms with van der Waals surface area (Å²) in [5.41, 5.74) is 0. The predicted octanol–water partition coefficient (Wildman–Crippen LogP) is -29.0. The van der Waals surface area contributed by atoms with Gasteiger partial charge in [-0.05, 0) is 96.9 Å². The molecule has 0 saturated carbocycles. The van der Waals surface area contributed by atoms with Crippen molar-refractivity contribution >= 4 is 348 Å². The largest absolute Gasteiger partial charge is 2.00 e. The van der Waals surface area contributed by atoms with Gasteiger partial charge >= 0.3 is 264 Å². The Morgan fingerprint density at radius 3 is 0.154 bits per heavy atom. The average Bonchev–Trinajstić information content (AvgIpc) is 3.31. The molecule has 0 aromatic rings. The van der Waals surface area contributed by atoms with Crippen LogP contribution in [0.5, 0.6) is 0 Å². The molecular formula is C42H70Ca7O42. The van der Waals surface area contributed by atoms with Crippen LogP contribution in [0, 0.1) is 0 Å².